The molecular formula is C17H17BrO3. The summed E-state index contributed by atoms with van der Waals surface area (Å²) in [5.74, 6) is 1.17. The van der Waals surface area contributed by atoms with Crippen molar-refractivity contribution >= 4 is 21.7 Å². The zero-order valence-electron chi connectivity index (χ0n) is 12.5. The van der Waals surface area contributed by atoms with Gasteiger partial charge in [0, 0.05) is 15.6 Å². The highest BCUT2D eigenvalue weighted by Crippen LogP contribution is 2.31. The highest BCUT2D eigenvalue weighted by atomic mass is 79.9. The second kappa shape index (κ2) is 6.31. The Morgan fingerprint density at radius 1 is 0.905 bits per heavy atom. The zero-order chi connectivity index (χ0) is 15.6. The Bertz CT molecular complexity index is 693. The minimum absolute atomic E-state index is 0.0153. The van der Waals surface area contributed by atoms with Crippen molar-refractivity contribution in [2.75, 3.05) is 14.2 Å². The number of halogens is 1. The summed E-state index contributed by atoms with van der Waals surface area (Å²) < 4.78 is 11.5. The smallest absolute Gasteiger partial charge is 0.193 e. The quantitative estimate of drug-likeness (QED) is 0.772. The Balaban J connectivity index is 2.53. The van der Waals surface area contributed by atoms with Gasteiger partial charge in [-0.3, -0.25) is 4.79 Å². The third-order valence-corrected chi connectivity index (χ3v) is 3.90. The van der Waals surface area contributed by atoms with Crippen molar-refractivity contribution in [3.8, 4) is 11.5 Å². The molecule has 0 saturated carbocycles. The van der Waals surface area contributed by atoms with Crippen LogP contribution in [0.5, 0.6) is 11.5 Å². The van der Waals surface area contributed by atoms with E-state index in [-0.39, 0.29) is 5.78 Å². The second-order valence-corrected chi connectivity index (χ2v) is 5.73. The van der Waals surface area contributed by atoms with E-state index in [4.69, 9.17) is 9.47 Å². The van der Waals surface area contributed by atoms with Crippen LogP contribution in [0.15, 0.2) is 34.8 Å². The maximum absolute atomic E-state index is 12.8. The molecule has 0 atom stereocenters. The molecule has 0 aliphatic rings. The number of hydrogen-bond donors (Lipinski definition) is 0. The van der Waals surface area contributed by atoms with Crippen LogP contribution in [0, 0.1) is 13.8 Å². The fourth-order valence-electron chi connectivity index (χ4n) is 2.25. The predicted octanol–water partition coefficient (Wildman–Crippen LogP) is 4.31. The minimum atomic E-state index is -0.0153. The summed E-state index contributed by atoms with van der Waals surface area (Å²) in [4.78, 5) is 12.8. The number of hydrogen-bond acceptors (Lipinski definition) is 3. The van der Waals surface area contributed by atoms with Crippen LogP contribution in [-0.2, 0) is 0 Å². The van der Waals surface area contributed by atoms with E-state index in [2.05, 4.69) is 15.9 Å². The second-order valence-electron chi connectivity index (χ2n) is 4.81. The summed E-state index contributed by atoms with van der Waals surface area (Å²) in [6, 6.07) is 9.19. The van der Waals surface area contributed by atoms with Gasteiger partial charge in [-0.15, -0.1) is 0 Å². The van der Waals surface area contributed by atoms with Crippen molar-refractivity contribution < 1.29 is 14.3 Å². The van der Waals surface area contributed by atoms with Crippen LogP contribution in [0.4, 0.5) is 0 Å². The molecule has 0 radical (unpaired) electrons. The molecule has 2 aromatic rings. The van der Waals surface area contributed by atoms with Crippen molar-refractivity contribution in [2.24, 2.45) is 0 Å². The molecule has 0 bridgehead atoms. The van der Waals surface area contributed by atoms with E-state index >= 15 is 0 Å². The van der Waals surface area contributed by atoms with Gasteiger partial charge in [-0.1, -0.05) is 15.9 Å². The summed E-state index contributed by atoms with van der Waals surface area (Å²) in [6.07, 6.45) is 0. The van der Waals surface area contributed by atoms with Gasteiger partial charge in [0.1, 0.15) is 0 Å². The third kappa shape index (κ3) is 3.10. The molecule has 2 rings (SSSR count). The van der Waals surface area contributed by atoms with Crippen molar-refractivity contribution in [3.63, 3.8) is 0 Å². The number of ketones is 1. The van der Waals surface area contributed by atoms with Crippen LogP contribution in [0.1, 0.15) is 27.0 Å². The molecule has 0 aliphatic carbocycles. The van der Waals surface area contributed by atoms with E-state index in [9.17, 15) is 4.79 Å². The van der Waals surface area contributed by atoms with E-state index in [1.807, 2.05) is 38.1 Å². The standard InChI is InChI=1S/C17H17BrO3/c1-10-7-12(18)5-6-13(10)17(19)14-9-16(21-4)15(20-3)8-11(14)2/h5-9H,1-4H3. The first-order chi connectivity index (χ1) is 9.97. The lowest BCUT2D eigenvalue weighted by Crippen LogP contribution is -2.07. The average molecular weight is 349 g/mol. The van der Waals surface area contributed by atoms with Gasteiger partial charge in [0.2, 0.25) is 0 Å². The molecule has 0 saturated heterocycles. The predicted molar refractivity (Wildman–Crippen MR) is 86.6 cm³/mol. The van der Waals surface area contributed by atoms with Gasteiger partial charge in [0.15, 0.2) is 17.3 Å². The van der Waals surface area contributed by atoms with Gasteiger partial charge in [-0.2, -0.15) is 0 Å². The SMILES string of the molecule is COc1cc(C)c(C(=O)c2ccc(Br)cc2C)cc1OC. The fraction of sp³-hybridized carbons (Fsp3) is 0.235. The molecule has 0 unspecified atom stereocenters. The first-order valence-electron chi connectivity index (χ1n) is 6.51. The van der Waals surface area contributed by atoms with Crippen LogP contribution < -0.4 is 9.47 Å². The van der Waals surface area contributed by atoms with Crippen LogP contribution in [0.2, 0.25) is 0 Å². The summed E-state index contributed by atoms with van der Waals surface area (Å²) in [7, 11) is 3.14. The molecule has 110 valence electrons. The summed E-state index contributed by atoms with van der Waals surface area (Å²) >= 11 is 3.41. The Labute approximate surface area is 133 Å². The Morgan fingerprint density at radius 2 is 1.48 bits per heavy atom. The Kier molecular flexibility index (Phi) is 4.68. The lowest BCUT2D eigenvalue weighted by atomic mass is 9.95. The van der Waals surface area contributed by atoms with E-state index in [1.54, 1.807) is 20.3 Å². The molecule has 0 aliphatic heterocycles. The summed E-state index contributed by atoms with van der Waals surface area (Å²) in [5, 5.41) is 0. The van der Waals surface area contributed by atoms with Crippen molar-refractivity contribution in [2.45, 2.75) is 13.8 Å². The van der Waals surface area contributed by atoms with Crippen molar-refractivity contribution in [1.29, 1.82) is 0 Å². The third-order valence-electron chi connectivity index (χ3n) is 3.41. The van der Waals surface area contributed by atoms with E-state index < -0.39 is 0 Å². The van der Waals surface area contributed by atoms with Gasteiger partial charge in [0.25, 0.3) is 0 Å². The first-order valence-corrected chi connectivity index (χ1v) is 7.30. The van der Waals surface area contributed by atoms with E-state index in [1.165, 1.54) is 0 Å². The number of carbonyl (C=O) groups excluding carboxylic acids is 1. The number of ether oxygens (including phenoxy) is 2. The average Bonchev–Trinajstić information content (AvgIpc) is 2.46. The number of carbonyl (C=O) groups is 1. The van der Waals surface area contributed by atoms with Gasteiger partial charge in [-0.05, 0) is 55.3 Å². The lowest BCUT2D eigenvalue weighted by Gasteiger charge is -2.13. The molecule has 0 fully saturated rings. The van der Waals surface area contributed by atoms with Gasteiger partial charge in [-0.25, -0.2) is 0 Å². The topological polar surface area (TPSA) is 35.5 Å². The van der Waals surface area contributed by atoms with Crippen molar-refractivity contribution in [1.82, 2.24) is 0 Å². The van der Waals surface area contributed by atoms with Crippen LogP contribution in [-0.4, -0.2) is 20.0 Å². The molecular weight excluding hydrogens is 332 g/mol. The first kappa shape index (κ1) is 15.6. The number of aryl methyl sites for hydroxylation is 2. The van der Waals surface area contributed by atoms with E-state index in [0.717, 1.165) is 15.6 Å². The highest BCUT2D eigenvalue weighted by molar-refractivity contribution is 9.10. The normalized spacial score (nSPS) is 10.3. The minimum Gasteiger partial charge on any atom is -0.493 e. The maximum atomic E-state index is 12.8. The molecule has 2 aromatic carbocycles. The molecule has 0 heterocycles. The van der Waals surface area contributed by atoms with Crippen LogP contribution in [0.25, 0.3) is 0 Å². The van der Waals surface area contributed by atoms with Gasteiger partial charge in [0.05, 0.1) is 14.2 Å². The largest absolute Gasteiger partial charge is 0.493 e. The molecule has 4 heteroatoms. The zero-order valence-corrected chi connectivity index (χ0v) is 14.1. The van der Waals surface area contributed by atoms with Gasteiger partial charge >= 0.3 is 0 Å². The Morgan fingerprint density at radius 3 is 2.05 bits per heavy atom. The molecule has 3 nitrogen and oxygen atoms in total. The summed E-state index contributed by atoms with van der Waals surface area (Å²) in [6.45, 7) is 3.82. The number of methoxy groups -OCH3 is 2. The maximum Gasteiger partial charge on any atom is 0.193 e. The van der Waals surface area contributed by atoms with Gasteiger partial charge < -0.3 is 9.47 Å². The summed E-state index contributed by atoms with van der Waals surface area (Å²) in [5.41, 5.74) is 3.11. The monoisotopic (exact) mass is 348 g/mol. The van der Waals surface area contributed by atoms with Crippen molar-refractivity contribution in [3.05, 3.63) is 57.1 Å². The number of rotatable bonds is 4. The molecule has 0 aromatic heterocycles. The Hall–Kier alpha value is -1.81. The lowest BCUT2D eigenvalue weighted by molar-refractivity contribution is 0.103. The molecule has 0 spiro atoms. The fourth-order valence-corrected chi connectivity index (χ4v) is 2.73. The van der Waals surface area contributed by atoms with Crippen LogP contribution in [0.3, 0.4) is 0 Å². The van der Waals surface area contributed by atoms with E-state index in [0.29, 0.717) is 22.6 Å². The molecule has 0 N–H and O–H groups in total. The molecule has 0 amide bonds. The molecule has 21 heavy (non-hydrogen) atoms. The highest BCUT2D eigenvalue weighted by Gasteiger charge is 2.17. The van der Waals surface area contributed by atoms with Crippen LogP contribution >= 0.6 is 15.9 Å². The number of benzene rings is 2.